The standard InChI is InChI=1S/C16H19NO4/c1-2-3-9-13(16(20)21)17-10-12(14(18)15(17)19)11-7-5-4-6-8-11/h4-8,13,18H,2-3,9-10H2,1H3,(H,20,21). The summed E-state index contributed by atoms with van der Waals surface area (Å²) in [6.45, 7) is 2.10. The molecule has 0 fully saturated rings. The number of benzene rings is 1. The number of aliphatic hydroxyl groups is 1. The van der Waals surface area contributed by atoms with Crippen LogP contribution in [0.3, 0.4) is 0 Å². The second kappa shape index (κ2) is 6.43. The summed E-state index contributed by atoms with van der Waals surface area (Å²) in [6.07, 6.45) is 1.98. The van der Waals surface area contributed by atoms with Crippen molar-refractivity contribution in [1.82, 2.24) is 4.90 Å². The van der Waals surface area contributed by atoms with Crippen molar-refractivity contribution >= 4 is 17.4 Å². The van der Waals surface area contributed by atoms with E-state index in [9.17, 15) is 19.8 Å². The van der Waals surface area contributed by atoms with Crippen LogP contribution in [0.5, 0.6) is 0 Å². The smallest absolute Gasteiger partial charge is 0.326 e. The van der Waals surface area contributed by atoms with Gasteiger partial charge in [0.15, 0.2) is 5.76 Å². The molecule has 0 saturated carbocycles. The molecule has 5 heteroatoms. The fraction of sp³-hybridized carbons (Fsp3) is 0.375. The molecule has 21 heavy (non-hydrogen) atoms. The fourth-order valence-corrected chi connectivity index (χ4v) is 2.51. The lowest BCUT2D eigenvalue weighted by molar-refractivity contribution is -0.148. The number of hydrogen-bond acceptors (Lipinski definition) is 3. The van der Waals surface area contributed by atoms with Crippen molar-refractivity contribution in [2.45, 2.75) is 32.2 Å². The van der Waals surface area contributed by atoms with Crippen LogP contribution in [0, 0.1) is 0 Å². The number of nitrogens with zero attached hydrogens (tertiary/aromatic N) is 1. The Morgan fingerprint density at radius 3 is 2.57 bits per heavy atom. The summed E-state index contributed by atoms with van der Waals surface area (Å²) in [5.41, 5.74) is 1.23. The van der Waals surface area contributed by atoms with Gasteiger partial charge in [-0.1, -0.05) is 50.1 Å². The zero-order valence-electron chi connectivity index (χ0n) is 12.0. The Morgan fingerprint density at radius 1 is 1.33 bits per heavy atom. The zero-order valence-corrected chi connectivity index (χ0v) is 12.0. The minimum atomic E-state index is -1.03. The van der Waals surface area contributed by atoms with Gasteiger partial charge in [-0.15, -0.1) is 0 Å². The van der Waals surface area contributed by atoms with E-state index in [1.54, 1.807) is 12.1 Å². The average Bonchev–Trinajstić information content (AvgIpc) is 2.77. The van der Waals surface area contributed by atoms with Gasteiger partial charge in [0.1, 0.15) is 6.04 Å². The highest BCUT2D eigenvalue weighted by atomic mass is 16.4. The predicted molar refractivity (Wildman–Crippen MR) is 78.7 cm³/mol. The van der Waals surface area contributed by atoms with Crippen LogP contribution in [0.25, 0.3) is 5.57 Å². The van der Waals surface area contributed by atoms with E-state index >= 15 is 0 Å². The minimum Gasteiger partial charge on any atom is -0.503 e. The molecule has 1 aliphatic heterocycles. The fourth-order valence-electron chi connectivity index (χ4n) is 2.51. The zero-order chi connectivity index (χ0) is 15.4. The first kappa shape index (κ1) is 15.1. The monoisotopic (exact) mass is 289 g/mol. The number of carboxylic acids is 1. The number of amides is 1. The van der Waals surface area contributed by atoms with Crippen LogP contribution in [-0.2, 0) is 9.59 Å². The van der Waals surface area contributed by atoms with Crippen LogP contribution in [0.1, 0.15) is 31.7 Å². The third-order valence-corrected chi connectivity index (χ3v) is 3.69. The Hall–Kier alpha value is -2.30. The number of carbonyl (C=O) groups excluding carboxylic acids is 1. The van der Waals surface area contributed by atoms with E-state index < -0.39 is 17.9 Å². The maximum atomic E-state index is 12.2. The van der Waals surface area contributed by atoms with Crippen molar-refractivity contribution in [1.29, 1.82) is 0 Å². The van der Waals surface area contributed by atoms with E-state index in [1.807, 2.05) is 25.1 Å². The van der Waals surface area contributed by atoms with E-state index in [4.69, 9.17) is 0 Å². The molecule has 1 aromatic carbocycles. The third kappa shape index (κ3) is 3.07. The highest BCUT2D eigenvalue weighted by Gasteiger charge is 2.38. The van der Waals surface area contributed by atoms with Gasteiger partial charge >= 0.3 is 5.97 Å². The Bertz CT molecular complexity index is 565. The van der Waals surface area contributed by atoms with Gasteiger partial charge in [-0.2, -0.15) is 0 Å². The average molecular weight is 289 g/mol. The number of aliphatic carboxylic acids is 1. The van der Waals surface area contributed by atoms with Crippen LogP contribution in [0.4, 0.5) is 0 Å². The van der Waals surface area contributed by atoms with Crippen LogP contribution < -0.4 is 0 Å². The molecule has 1 aromatic rings. The molecule has 112 valence electrons. The van der Waals surface area contributed by atoms with Gasteiger partial charge in [0, 0.05) is 5.57 Å². The van der Waals surface area contributed by atoms with Crippen molar-refractivity contribution < 1.29 is 19.8 Å². The lowest BCUT2D eigenvalue weighted by Gasteiger charge is -2.24. The summed E-state index contributed by atoms with van der Waals surface area (Å²) in [7, 11) is 0. The maximum absolute atomic E-state index is 12.2. The van der Waals surface area contributed by atoms with Gasteiger partial charge in [-0.3, -0.25) is 4.79 Å². The number of carboxylic acid groups (broad SMARTS) is 1. The molecule has 1 unspecified atom stereocenters. The summed E-state index contributed by atoms with van der Waals surface area (Å²) in [6, 6.07) is 8.18. The summed E-state index contributed by atoms with van der Waals surface area (Å²) in [5.74, 6) is -1.97. The quantitative estimate of drug-likeness (QED) is 0.843. The largest absolute Gasteiger partial charge is 0.503 e. The van der Waals surface area contributed by atoms with Crippen LogP contribution in [0.2, 0.25) is 0 Å². The molecule has 1 atom stereocenters. The van der Waals surface area contributed by atoms with Crippen LogP contribution in [-0.4, -0.2) is 39.6 Å². The minimum absolute atomic E-state index is 0.134. The first-order valence-electron chi connectivity index (χ1n) is 7.07. The number of hydrogen-bond donors (Lipinski definition) is 2. The molecular formula is C16H19NO4. The van der Waals surface area contributed by atoms with Gasteiger partial charge in [0.2, 0.25) is 0 Å². The van der Waals surface area contributed by atoms with Crippen molar-refractivity contribution in [3.63, 3.8) is 0 Å². The first-order valence-corrected chi connectivity index (χ1v) is 7.07. The number of carbonyl (C=O) groups is 2. The number of rotatable bonds is 6. The van der Waals surface area contributed by atoms with Gasteiger partial charge in [0.25, 0.3) is 5.91 Å². The second-order valence-electron chi connectivity index (χ2n) is 5.12. The molecule has 2 rings (SSSR count). The molecule has 0 radical (unpaired) electrons. The molecule has 0 aromatic heterocycles. The SMILES string of the molecule is CCCCC(C(=O)O)N1CC(c2ccccc2)=C(O)C1=O. The molecule has 2 N–H and O–H groups in total. The van der Waals surface area contributed by atoms with Crippen LogP contribution in [0.15, 0.2) is 36.1 Å². The van der Waals surface area contributed by atoms with E-state index in [0.29, 0.717) is 12.0 Å². The summed E-state index contributed by atoms with van der Waals surface area (Å²) < 4.78 is 0. The molecule has 1 heterocycles. The molecular weight excluding hydrogens is 270 g/mol. The Kier molecular flexibility index (Phi) is 4.62. The second-order valence-corrected chi connectivity index (χ2v) is 5.12. The lowest BCUT2D eigenvalue weighted by Crippen LogP contribution is -2.43. The molecule has 0 aliphatic carbocycles. The summed E-state index contributed by atoms with van der Waals surface area (Å²) >= 11 is 0. The maximum Gasteiger partial charge on any atom is 0.326 e. The molecule has 0 bridgehead atoms. The number of aliphatic hydroxyl groups excluding tert-OH is 1. The van der Waals surface area contributed by atoms with E-state index in [-0.39, 0.29) is 12.3 Å². The number of unbranched alkanes of at least 4 members (excludes halogenated alkanes) is 1. The van der Waals surface area contributed by atoms with Gasteiger partial charge in [-0.05, 0) is 12.0 Å². The van der Waals surface area contributed by atoms with Gasteiger partial charge < -0.3 is 15.1 Å². The molecule has 0 saturated heterocycles. The molecule has 1 amide bonds. The summed E-state index contributed by atoms with van der Waals surface area (Å²) in [4.78, 5) is 24.8. The highest BCUT2D eigenvalue weighted by molar-refractivity contribution is 6.05. The van der Waals surface area contributed by atoms with Crippen molar-refractivity contribution in [3.8, 4) is 0 Å². The van der Waals surface area contributed by atoms with E-state index in [0.717, 1.165) is 18.4 Å². The molecule has 1 aliphatic rings. The Balaban J connectivity index is 2.23. The van der Waals surface area contributed by atoms with Crippen molar-refractivity contribution in [2.75, 3.05) is 6.54 Å². The van der Waals surface area contributed by atoms with E-state index in [1.165, 1.54) is 4.90 Å². The van der Waals surface area contributed by atoms with Gasteiger partial charge in [-0.25, -0.2) is 4.79 Å². The molecule has 5 nitrogen and oxygen atoms in total. The Morgan fingerprint density at radius 2 is 2.00 bits per heavy atom. The van der Waals surface area contributed by atoms with Crippen molar-refractivity contribution in [3.05, 3.63) is 41.7 Å². The van der Waals surface area contributed by atoms with Crippen LogP contribution >= 0.6 is 0 Å². The van der Waals surface area contributed by atoms with Crippen molar-refractivity contribution in [2.24, 2.45) is 0 Å². The highest BCUT2D eigenvalue weighted by Crippen LogP contribution is 2.29. The lowest BCUT2D eigenvalue weighted by atomic mass is 10.1. The normalized spacial score (nSPS) is 16.4. The Labute approximate surface area is 123 Å². The summed E-state index contributed by atoms with van der Waals surface area (Å²) in [5, 5.41) is 19.4. The van der Waals surface area contributed by atoms with Gasteiger partial charge in [0.05, 0.1) is 6.54 Å². The molecule has 0 spiro atoms. The first-order chi connectivity index (χ1) is 10.1. The topological polar surface area (TPSA) is 77.8 Å². The predicted octanol–water partition coefficient (Wildman–Crippen LogP) is 2.44. The third-order valence-electron chi connectivity index (χ3n) is 3.69. The van der Waals surface area contributed by atoms with E-state index in [2.05, 4.69) is 0 Å².